The third-order valence-electron chi connectivity index (χ3n) is 3.46. The Kier molecular flexibility index (Phi) is 2.88. The molecule has 0 saturated carbocycles. The van der Waals surface area contributed by atoms with Gasteiger partial charge < -0.3 is 0 Å². The highest BCUT2D eigenvalue weighted by Gasteiger charge is 2.20. The molecule has 0 amide bonds. The number of carbonyl (C=O) groups excluding carboxylic acids is 1. The summed E-state index contributed by atoms with van der Waals surface area (Å²) in [5.74, 6) is 0.176. The van der Waals surface area contributed by atoms with Gasteiger partial charge in [0, 0.05) is 6.42 Å². The number of rotatable bonds is 1. The van der Waals surface area contributed by atoms with Crippen molar-refractivity contribution in [1.29, 1.82) is 5.26 Å². The number of nitrogens with zero attached hydrogens (tertiary/aromatic N) is 3. The van der Waals surface area contributed by atoms with Crippen LogP contribution in [-0.4, -0.2) is 15.6 Å². The Hall–Kier alpha value is -2.41. The van der Waals surface area contributed by atoms with Crippen LogP contribution in [0.25, 0.3) is 5.69 Å². The summed E-state index contributed by atoms with van der Waals surface area (Å²) in [6.45, 7) is 0. The van der Waals surface area contributed by atoms with Crippen molar-refractivity contribution >= 4 is 5.78 Å². The topological polar surface area (TPSA) is 58.7 Å². The van der Waals surface area contributed by atoms with Gasteiger partial charge >= 0.3 is 0 Å². The lowest BCUT2D eigenvalue weighted by Crippen LogP contribution is -2.04. The number of nitriles is 1. The summed E-state index contributed by atoms with van der Waals surface area (Å²) in [5, 5.41) is 13.3. The third-order valence-corrected chi connectivity index (χ3v) is 3.46. The molecule has 94 valence electrons. The summed E-state index contributed by atoms with van der Waals surface area (Å²) in [6, 6.07) is 9.42. The first kappa shape index (κ1) is 11.7. The zero-order valence-electron chi connectivity index (χ0n) is 10.5. The predicted molar refractivity (Wildman–Crippen MR) is 70.2 cm³/mol. The standard InChI is InChI=1S/C15H13N3O/c16-9-11-4-3-5-12(8-11)18-14-6-1-2-7-15(19)13(14)10-17-18/h3-5,8,10H,1-2,6-7H2. The number of aromatic nitrogens is 2. The van der Waals surface area contributed by atoms with Crippen LogP contribution in [0.15, 0.2) is 30.5 Å². The fraction of sp³-hybridized carbons (Fsp3) is 0.267. The van der Waals surface area contributed by atoms with Crippen molar-refractivity contribution in [3.05, 3.63) is 47.3 Å². The van der Waals surface area contributed by atoms with E-state index in [0.29, 0.717) is 12.0 Å². The zero-order valence-corrected chi connectivity index (χ0v) is 10.5. The second-order valence-corrected chi connectivity index (χ2v) is 4.71. The first-order valence-electron chi connectivity index (χ1n) is 6.40. The summed E-state index contributed by atoms with van der Waals surface area (Å²) in [5.41, 5.74) is 3.15. The van der Waals surface area contributed by atoms with Gasteiger partial charge in [0.1, 0.15) is 0 Å². The summed E-state index contributed by atoms with van der Waals surface area (Å²) in [7, 11) is 0. The number of fused-ring (bicyclic) bond motifs is 1. The third kappa shape index (κ3) is 2.04. The summed E-state index contributed by atoms with van der Waals surface area (Å²) >= 11 is 0. The van der Waals surface area contributed by atoms with E-state index in [1.807, 2.05) is 12.1 Å². The van der Waals surface area contributed by atoms with E-state index < -0.39 is 0 Å². The molecule has 0 bridgehead atoms. The average Bonchev–Trinajstić information content (AvgIpc) is 2.79. The van der Waals surface area contributed by atoms with Crippen LogP contribution >= 0.6 is 0 Å². The molecule has 1 aromatic carbocycles. The fourth-order valence-corrected chi connectivity index (χ4v) is 2.49. The van der Waals surface area contributed by atoms with Gasteiger partial charge in [-0.15, -0.1) is 0 Å². The van der Waals surface area contributed by atoms with E-state index in [2.05, 4.69) is 11.2 Å². The first-order chi connectivity index (χ1) is 9.29. The van der Waals surface area contributed by atoms with Crippen LogP contribution in [0.4, 0.5) is 0 Å². The minimum Gasteiger partial charge on any atom is -0.294 e. The Morgan fingerprint density at radius 3 is 2.95 bits per heavy atom. The van der Waals surface area contributed by atoms with E-state index >= 15 is 0 Å². The predicted octanol–water partition coefficient (Wildman–Crippen LogP) is 2.65. The lowest BCUT2D eigenvalue weighted by molar-refractivity contribution is 0.0982. The van der Waals surface area contributed by atoms with Crippen molar-refractivity contribution in [3.8, 4) is 11.8 Å². The highest BCUT2D eigenvalue weighted by atomic mass is 16.1. The van der Waals surface area contributed by atoms with E-state index in [1.54, 1.807) is 23.0 Å². The van der Waals surface area contributed by atoms with Crippen LogP contribution in [0.1, 0.15) is 40.9 Å². The molecule has 0 N–H and O–H groups in total. The molecule has 0 atom stereocenters. The Labute approximate surface area is 111 Å². The van der Waals surface area contributed by atoms with E-state index in [4.69, 9.17) is 5.26 Å². The van der Waals surface area contributed by atoms with Crippen LogP contribution in [0.3, 0.4) is 0 Å². The minimum atomic E-state index is 0.176. The van der Waals surface area contributed by atoms with Crippen LogP contribution < -0.4 is 0 Å². The molecule has 1 heterocycles. The molecule has 3 rings (SSSR count). The molecule has 0 spiro atoms. The molecular weight excluding hydrogens is 238 g/mol. The molecule has 4 nitrogen and oxygen atoms in total. The molecule has 0 saturated heterocycles. The normalized spacial score (nSPS) is 14.6. The average molecular weight is 251 g/mol. The maximum Gasteiger partial charge on any atom is 0.166 e. The summed E-state index contributed by atoms with van der Waals surface area (Å²) < 4.78 is 1.79. The van der Waals surface area contributed by atoms with E-state index in [-0.39, 0.29) is 5.78 Å². The van der Waals surface area contributed by atoms with Crippen LogP contribution in [0.5, 0.6) is 0 Å². The molecular formula is C15H13N3O. The molecule has 0 aliphatic heterocycles. The van der Waals surface area contributed by atoms with E-state index in [0.717, 1.165) is 36.2 Å². The number of Topliss-reactive ketones (excluding diaryl/α,β-unsaturated/α-hetero) is 1. The van der Waals surface area contributed by atoms with Gasteiger partial charge in [0.05, 0.1) is 34.8 Å². The van der Waals surface area contributed by atoms with Crippen molar-refractivity contribution in [2.24, 2.45) is 0 Å². The molecule has 4 heteroatoms. The second-order valence-electron chi connectivity index (χ2n) is 4.71. The number of ketones is 1. The molecule has 2 aromatic rings. The molecule has 1 aliphatic carbocycles. The highest BCUT2D eigenvalue weighted by Crippen LogP contribution is 2.23. The van der Waals surface area contributed by atoms with E-state index in [1.165, 1.54) is 0 Å². The largest absolute Gasteiger partial charge is 0.294 e. The Balaban J connectivity index is 2.11. The quantitative estimate of drug-likeness (QED) is 0.732. The molecule has 0 unspecified atom stereocenters. The van der Waals surface area contributed by atoms with Gasteiger partial charge in [-0.3, -0.25) is 4.79 Å². The maximum absolute atomic E-state index is 12.0. The van der Waals surface area contributed by atoms with Crippen LogP contribution in [0.2, 0.25) is 0 Å². The fourth-order valence-electron chi connectivity index (χ4n) is 2.49. The number of benzene rings is 1. The van der Waals surface area contributed by atoms with Gasteiger partial charge in [0.15, 0.2) is 5.78 Å². The second kappa shape index (κ2) is 4.69. The lowest BCUT2D eigenvalue weighted by Gasteiger charge is -2.07. The number of hydrogen-bond acceptors (Lipinski definition) is 3. The minimum absolute atomic E-state index is 0.176. The lowest BCUT2D eigenvalue weighted by atomic mass is 10.1. The molecule has 19 heavy (non-hydrogen) atoms. The molecule has 0 fully saturated rings. The maximum atomic E-state index is 12.0. The van der Waals surface area contributed by atoms with Crippen LogP contribution in [0, 0.1) is 11.3 Å². The van der Waals surface area contributed by atoms with Gasteiger partial charge in [-0.25, -0.2) is 4.68 Å². The smallest absolute Gasteiger partial charge is 0.166 e. The van der Waals surface area contributed by atoms with Crippen LogP contribution in [-0.2, 0) is 6.42 Å². The molecule has 1 aromatic heterocycles. The van der Waals surface area contributed by atoms with Crippen molar-refractivity contribution in [1.82, 2.24) is 9.78 Å². The van der Waals surface area contributed by atoms with Gasteiger partial charge in [0.25, 0.3) is 0 Å². The first-order valence-corrected chi connectivity index (χ1v) is 6.40. The van der Waals surface area contributed by atoms with Gasteiger partial charge in [-0.1, -0.05) is 6.07 Å². The zero-order chi connectivity index (χ0) is 13.2. The van der Waals surface area contributed by atoms with Crippen molar-refractivity contribution < 1.29 is 4.79 Å². The number of carbonyl (C=O) groups is 1. The van der Waals surface area contributed by atoms with Gasteiger partial charge in [-0.05, 0) is 37.5 Å². The molecule has 1 aliphatic rings. The SMILES string of the molecule is N#Cc1cccc(-n2ncc3c2CCCCC3=O)c1. The van der Waals surface area contributed by atoms with Crippen molar-refractivity contribution in [3.63, 3.8) is 0 Å². The van der Waals surface area contributed by atoms with Gasteiger partial charge in [-0.2, -0.15) is 10.4 Å². The Bertz CT molecular complexity index is 679. The summed E-state index contributed by atoms with van der Waals surface area (Å²) in [6.07, 6.45) is 5.06. The number of hydrogen-bond donors (Lipinski definition) is 0. The highest BCUT2D eigenvalue weighted by molar-refractivity contribution is 5.97. The Morgan fingerprint density at radius 2 is 2.11 bits per heavy atom. The van der Waals surface area contributed by atoms with Crippen molar-refractivity contribution in [2.45, 2.75) is 25.7 Å². The molecule has 0 radical (unpaired) electrons. The summed E-state index contributed by atoms with van der Waals surface area (Å²) in [4.78, 5) is 12.0. The van der Waals surface area contributed by atoms with E-state index in [9.17, 15) is 4.79 Å². The van der Waals surface area contributed by atoms with Crippen molar-refractivity contribution in [2.75, 3.05) is 0 Å². The monoisotopic (exact) mass is 251 g/mol. The van der Waals surface area contributed by atoms with Gasteiger partial charge in [0.2, 0.25) is 0 Å². The Morgan fingerprint density at radius 1 is 1.26 bits per heavy atom.